The number of aryl methyl sites for hydroxylation is 1. The van der Waals surface area contributed by atoms with Crippen molar-refractivity contribution >= 4 is 23.2 Å². The zero-order chi connectivity index (χ0) is 13.8. The summed E-state index contributed by atoms with van der Waals surface area (Å²) in [6.45, 7) is 2.87. The highest BCUT2D eigenvalue weighted by Crippen LogP contribution is 2.26. The normalized spacial score (nSPS) is 12.6. The molecule has 102 valence electrons. The van der Waals surface area contributed by atoms with Gasteiger partial charge in [-0.05, 0) is 36.2 Å². The van der Waals surface area contributed by atoms with Crippen LogP contribution in [0.15, 0.2) is 30.5 Å². The van der Waals surface area contributed by atoms with E-state index in [4.69, 9.17) is 23.2 Å². The number of benzene rings is 1. The van der Waals surface area contributed by atoms with Crippen molar-refractivity contribution in [3.8, 4) is 0 Å². The number of halogens is 2. The number of rotatable bonds is 5. The molecule has 0 aliphatic heterocycles. The predicted molar refractivity (Wildman–Crippen MR) is 77.6 cm³/mol. The topological polar surface area (TPSA) is 38.0 Å². The maximum Gasteiger partial charge on any atom is 0.0997 e. The molecule has 0 aliphatic rings. The zero-order valence-corrected chi connectivity index (χ0v) is 12.2. The molecule has 5 heteroatoms. The van der Waals surface area contributed by atoms with E-state index in [1.54, 1.807) is 24.4 Å². The minimum absolute atomic E-state index is 0.425. The lowest BCUT2D eigenvalue weighted by Crippen LogP contribution is -2.11. The van der Waals surface area contributed by atoms with Crippen LogP contribution in [0, 0.1) is 0 Å². The van der Waals surface area contributed by atoms with E-state index in [-0.39, 0.29) is 0 Å². The summed E-state index contributed by atoms with van der Waals surface area (Å²) in [6, 6.07) is 7.10. The van der Waals surface area contributed by atoms with Gasteiger partial charge in [0.25, 0.3) is 0 Å². The maximum absolute atomic E-state index is 10.3. The first-order valence-corrected chi connectivity index (χ1v) is 7.01. The van der Waals surface area contributed by atoms with Crippen LogP contribution in [0.1, 0.15) is 30.7 Å². The molecule has 1 aromatic heterocycles. The first-order valence-electron chi connectivity index (χ1n) is 6.25. The molecule has 1 N–H and O–H groups in total. The summed E-state index contributed by atoms with van der Waals surface area (Å²) in [4.78, 5) is 0. The number of aromatic nitrogens is 2. The third-order valence-electron chi connectivity index (χ3n) is 2.95. The molecule has 2 rings (SSSR count). The quantitative estimate of drug-likeness (QED) is 0.910. The Morgan fingerprint density at radius 1 is 1.32 bits per heavy atom. The molecule has 1 unspecified atom stereocenters. The lowest BCUT2D eigenvalue weighted by atomic mass is 10.1. The summed E-state index contributed by atoms with van der Waals surface area (Å²) in [7, 11) is 0. The molecule has 3 nitrogen and oxygen atoms in total. The van der Waals surface area contributed by atoms with E-state index < -0.39 is 6.10 Å². The SMILES string of the molecule is CCCn1nccc1C(O)Cc1cc(Cl)ccc1Cl. The van der Waals surface area contributed by atoms with Gasteiger partial charge in [0.05, 0.1) is 11.8 Å². The van der Waals surface area contributed by atoms with E-state index in [2.05, 4.69) is 12.0 Å². The molecule has 0 fully saturated rings. The molecule has 1 aromatic carbocycles. The van der Waals surface area contributed by atoms with E-state index in [0.717, 1.165) is 24.2 Å². The molecule has 0 saturated heterocycles. The molecule has 0 amide bonds. The van der Waals surface area contributed by atoms with E-state index in [1.807, 2.05) is 10.7 Å². The highest BCUT2D eigenvalue weighted by atomic mass is 35.5. The highest BCUT2D eigenvalue weighted by Gasteiger charge is 2.15. The largest absolute Gasteiger partial charge is 0.386 e. The van der Waals surface area contributed by atoms with Gasteiger partial charge in [0.1, 0.15) is 0 Å². The minimum Gasteiger partial charge on any atom is -0.386 e. The third-order valence-corrected chi connectivity index (χ3v) is 3.55. The molecule has 0 aliphatic carbocycles. The number of aliphatic hydroxyl groups excluding tert-OH is 1. The van der Waals surface area contributed by atoms with E-state index in [9.17, 15) is 5.11 Å². The van der Waals surface area contributed by atoms with Crippen molar-refractivity contribution in [3.05, 3.63) is 51.8 Å². The first kappa shape index (κ1) is 14.4. The Morgan fingerprint density at radius 2 is 2.11 bits per heavy atom. The standard InChI is InChI=1S/C14H16Cl2N2O/c1-2-7-18-13(5-6-17-18)14(19)9-10-8-11(15)3-4-12(10)16/h3-6,8,14,19H,2,7,9H2,1H3. The lowest BCUT2D eigenvalue weighted by molar-refractivity contribution is 0.166. The van der Waals surface area contributed by atoms with Crippen LogP contribution in [-0.2, 0) is 13.0 Å². The Kier molecular flexibility index (Phi) is 4.86. The van der Waals surface area contributed by atoms with Crippen LogP contribution in [0.5, 0.6) is 0 Å². The van der Waals surface area contributed by atoms with Gasteiger partial charge in [0.2, 0.25) is 0 Å². The van der Waals surface area contributed by atoms with Crippen LogP contribution < -0.4 is 0 Å². The number of hydrogen-bond acceptors (Lipinski definition) is 2. The van der Waals surface area contributed by atoms with Crippen LogP contribution in [0.3, 0.4) is 0 Å². The van der Waals surface area contributed by atoms with Crippen molar-refractivity contribution in [3.63, 3.8) is 0 Å². The van der Waals surface area contributed by atoms with Crippen LogP contribution in [0.4, 0.5) is 0 Å². The lowest BCUT2D eigenvalue weighted by Gasteiger charge is -2.14. The number of aliphatic hydroxyl groups is 1. The number of hydrogen-bond donors (Lipinski definition) is 1. The van der Waals surface area contributed by atoms with Crippen molar-refractivity contribution in [2.75, 3.05) is 0 Å². The minimum atomic E-state index is -0.634. The smallest absolute Gasteiger partial charge is 0.0997 e. The van der Waals surface area contributed by atoms with Gasteiger partial charge in [-0.25, -0.2) is 0 Å². The van der Waals surface area contributed by atoms with Gasteiger partial charge in [0, 0.05) is 29.2 Å². The van der Waals surface area contributed by atoms with Crippen molar-refractivity contribution in [1.82, 2.24) is 9.78 Å². The van der Waals surface area contributed by atoms with Gasteiger partial charge in [-0.1, -0.05) is 30.1 Å². The molecule has 0 saturated carbocycles. The zero-order valence-electron chi connectivity index (χ0n) is 10.7. The molecule has 0 radical (unpaired) electrons. The molecule has 1 heterocycles. The summed E-state index contributed by atoms with van der Waals surface area (Å²) in [5, 5.41) is 15.8. The van der Waals surface area contributed by atoms with Gasteiger partial charge in [-0.3, -0.25) is 4.68 Å². The second-order valence-corrected chi connectivity index (χ2v) is 5.28. The molecule has 0 bridgehead atoms. The van der Waals surface area contributed by atoms with Crippen LogP contribution >= 0.6 is 23.2 Å². The Morgan fingerprint density at radius 3 is 2.84 bits per heavy atom. The molecular formula is C14H16Cl2N2O. The Balaban J connectivity index is 2.18. The van der Waals surface area contributed by atoms with Crippen molar-refractivity contribution in [2.24, 2.45) is 0 Å². The predicted octanol–water partition coefficient (Wildman–Crippen LogP) is 3.88. The second-order valence-electron chi connectivity index (χ2n) is 4.43. The fourth-order valence-electron chi connectivity index (χ4n) is 2.04. The van der Waals surface area contributed by atoms with E-state index in [0.29, 0.717) is 16.5 Å². The van der Waals surface area contributed by atoms with Crippen LogP contribution in [0.25, 0.3) is 0 Å². The van der Waals surface area contributed by atoms with Crippen molar-refractivity contribution in [2.45, 2.75) is 32.4 Å². The summed E-state index contributed by atoms with van der Waals surface area (Å²) in [5.41, 5.74) is 1.64. The number of nitrogens with zero attached hydrogens (tertiary/aromatic N) is 2. The average Bonchev–Trinajstić information content (AvgIpc) is 2.82. The summed E-state index contributed by atoms with van der Waals surface area (Å²) in [5.74, 6) is 0. The summed E-state index contributed by atoms with van der Waals surface area (Å²) in [6.07, 6.45) is 2.46. The molecule has 0 spiro atoms. The van der Waals surface area contributed by atoms with E-state index >= 15 is 0 Å². The second kappa shape index (κ2) is 6.42. The summed E-state index contributed by atoms with van der Waals surface area (Å²) < 4.78 is 1.82. The highest BCUT2D eigenvalue weighted by molar-refractivity contribution is 6.33. The molecule has 2 aromatic rings. The van der Waals surface area contributed by atoms with Gasteiger partial charge in [0.15, 0.2) is 0 Å². The fourth-order valence-corrected chi connectivity index (χ4v) is 2.43. The Bertz CT molecular complexity index is 554. The average molecular weight is 299 g/mol. The van der Waals surface area contributed by atoms with Gasteiger partial charge < -0.3 is 5.11 Å². The molecule has 19 heavy (non-hydrogen) atoms. The van der Waals surface area contributed by atoms with Crippen molar-refractivity contribution < 1.29 is 5.11 Å². The Hall–Kier alpha value is -1.03. The summed E-state index contributed by atoms with van der Waals surface area (Å²) >= 11 is 12.1. The maximum atomic E-state index is 10.3. The molecular weight excluding hydrogens is 283 g/mol. The van der Waals surface area contributed by atoms with Crippen LogP contribution in [0.2, 0.25) is 10.0 Å². The fraction of sp³-hybridized carbons (Fsp3) is 0.357. The van der Waals surface area contributed by atoms with E-state index in [1.165, 1.54) is 0 Å². The van der Waals surface area contributed by atoms with Gasteiger partial charge in [-0.15, -0.1) is 0 Å². The van der Waals surface area contributed by atoms with Gasteiger partial charge >= 0.3 is 0 Å². The Labute approximate surface area is 122 Å². The van der Waals surface area contributed by atoms with Gasteiger partial charge in [-0.2, -0.15) is 5.10 Å². The monoisotopic (exact) mass is 298 g/mol. The van der Waals surface area contributed by atoms with Crippen molar-refractivity contribution in [1.29, 1.82) is 0 Å². The molecule has 1 atom stereocenters. The third kappa shape index (κ3) is 3.50. The first-order chi connectivity index (χ1) is 9.11. The van der Waals surface area contributed by atoms with Crippen LogP contribution in [-0.4, -0.2) is 14.9 Å².